The topological polar surface area (TPSA) is 53.0 Å². The SMILES string of the molecule is C=C(CCCCCCCN(CCO)CCCCCCCCCCCC)CSSOC(=O)CN(CCCCCCCCCC)CCCCCCCCCC. The Hall–Kier alpha value is -0.210. The summed E-state index contributed by atoms with van der Waals surface area (Å²) < 4.78 is 5.59. The van der Waals surface area contributed by atoms with Gasteiger partial charge < -0.3 is 14.2 Å². The average Bonchev–Trinajstić information content (AvgIpc) is 3.15. The number of nitrogens with zero attached hydrogens (tertiary/aromatic N) is 2. The minimum Gasteiger partial charge on any atom is -0.395 e. The van der Waals surface area contributed by atoms with Gasteiger partial charge in [0.25, 0.3) is 0 Å². The second-order valence-electron chi connectivity index (χ2n) is 16.0. The van der Waals surface area contributed by atoms with E-state index in [0.717, 1.165) is 44.9 Å². The summed E-state index contributed by atoms with van der Waals surface area (Å²) in [4.78, 5) is 17.6. The third-order valence-corrected chi connectivity index (χ3v) is 12.4. The first-order valence-electron chi connectivity index (χ1n) is 23.3. The summed E-state index contributed by atoms with van der Waals surface area (Å²) in [7, 11) is 1.61. The van der Waals surface area contributed by atoms with Crippen molar-refractivity contribution in [2.24, 2.45) is 0 Å². The predicted molar refractivity (Wildman–Crippen MR) is 240 cm³/mol. The number of carbonyl (C=O) groups is 1. The molecule has 0 saturated heterocycles. The summed E-state index contributed by atoms with van der Waals surface area (Å²) in [5, 5.41) is 9.52. The molecule has 7 heteroatoms. The summed E-state index contributed by atoms with van der Waals surface area (Å²) in [6.45, 7) is 16.9. The molecular formula is C46H92N2O3S2. The van der Waals surface area contributed by atoms with E-state index in [1.165, 1.54) is 216 Å². The molecule has 0 fully saturated rings. The van der Waals surface area contributed by atoms with Crippen molar-refractivity contribution in [2.45, 2.75) is 226 Å². The largest absolute Gasteiger partial charge is 0.395 e. The second kappa shape index (κ2) is 44.5. The van der Waals surface area contributed by atoms with Crippen LogP contribution in [0.1, 0.15) is 226 Å². The van der Waals surface area contributed by atoms with Crippen molar-refractivity contribution in [1.82, 2.24) is 9.80 Å². The zero-order valence-corrected chi connectivity index (χ0v) is 37.6. The molecular weight excluding hydrogens is 693 g/mol. The van der Waals surface area contributed by atoms with Crippen molar-refractivity contribution in [3.05, 3.63) is 12.2 Å². The quantitative estimate of drug-likeness (QED) is 0.0286. The molecule has 316 valence electrons. The molecule has 0 rings (SSSR count). The maximum atomic E-state index is 12.7. The third-order valence-electron chi connectivity index (χ3n) is 10.7. The molecule has 0 aromatic carbocycles. The monoisotopic (exact) mass is 785 g/mol. The lowest BCUT2D eigenvalue weighted by molar-refractivity contribution is -0.134. The molecule has 0 saturated carbocycles. The third kappa shape index (κ3) is 41.2. The van der Waals surface area contributed by atoms with Gasteiger partial charge in [-0.2, -0.15) is 0 Å². The van der Waals surface area contributed by atoms with Crippen LogP contribution in [0.2, 0.25) is 0 Å². The normalized spacial score (nSPS) is 11.7. The van der Waals surface area contributed by atoms with E-state index < -0.39 is 0 Å². The Morgan fingerprint density at radius 2 is 0.830 bits per heavy atom. The van der Waals surface area contributed by atoms with E-state index in [9.17, 15) is 9.90 Å². The van der Waals surface area contributed by atoms with Crippen molar-refractivity contribution in [3.63, 3.8) is 0 Å². The zero-order chi connectivity index (χ0) is 38.7. The van der Waals surface area contributed by atoms with E-state index in [1.807, 2.05) is 0 Å². The second-order valence-corrected chi connectivity index (χ2v) is 18.0. The minimum absolute atomic E-state index is 0.103. The predicted octanol–water partition coefficient (Wildman–Crippen LogP) is 14.5. The van der Waals surface area contributed by atoms with E-state index in [1.54, 1.807) is 10.8 Å². The van der Waals surface area contributed by atoms with E-state index in [2.05, 4.69) is 37.1 Å². The van der Waals surface area contributed by atoms with Crippen LogP contribution in [0.15, 0.2) is 12.2 Å². The molecule has 0 unspecified atom stereocenters. The van der Waals surface area contributed by atoms with Gasteiger partial charge in [0.05, 0.1) is 13.2 Å². The van der Waals surface area contributed by atoms with Gasteiger partial charge in [-0.05, 0) is 75.5 Å². The maximum absolute atomic E-state index is 12.7. The van der Waals surface area contributed by atoms with Crippen LogP contribution >= 0.6 is 21.9 Å². The summed E-state index contributed by atoms with van der Waals surface area (Å²) >= 11 is 1.24. The summed E-state index contributed by atoms with van der Waals surface area (Å²) in [6, 6.07) is 0. The fourth-order valence-electron chi connectivity index (χ4n) is 7.20. The highest BCUT2D eigenvalue weighted by Gasteiger charge is 2.13. The smallest absolute Gasteiger partial charge is 0.332 e. The lowest BCUT2D eigenvalue weighted by Gasteiger charge is -2.21. The molecule has 0 aromatic rings. The van der Waals surface area contributed by atoms with Gasteiger partial charge in [-0.3, -0.25) is 4.90 Å². The molecule has 0 bridgehead atoms. The number of aliphatic hydroxyl groups is 1. The van der Waals surface area contributed by atoms with Gasteiger partial charge >= 0.3 is 5.97 Å². The van der Waals surface area contributed by atoms with Crippen LogP contribution in [0, 0.1) is 0 Å². The Morgan fingerprint density at radius 3 is 1.21 bits per heavy atom. The Balaban J connectivity index is 4.03. The van der Waals surface area contributed by atoms with Crippen LogP contribution in [0.25, 0.3) is 0 Å². The van der Waals surface area contributed by atoms with E-state index in [-0.39, 0.29) is 12.6 Å². The van der Waals surface area contributed by atoms with Crippen LogP contribution in [-0.4, -0.2) is 72.5 Å². The van der Waals surface area contributed by atoms with Gasteiger partial charge in [0, 0.05) is 12.3 Å². The average molecular weight is 785 g/mol. The van der Waals surface area contributed by atoms with Crippen LogP contribution in [0.4, 0.5) is 0 Å². The number of hydrogen-bond donors (Lipinski definition) is 1. The molecule has 0 spiro atoms. The van der Waals surface area contributed by atoms with Gasteiger partial charge in [-0.15, -0.1) is 0 Å². The molecule has 0 heterocycles. The van der Waals surface area contributed by atoms with Crippen molar-refractivity contribution in [3.8, 4) is 0 Å². The Bertz CT molecular complexity index is 736. The summed E-state index contributed by atoms with van der Waals surface area (Å²) in [6.07, 6.45) is 42.1. The van der Waals surface area contributed by atoms with Crippen molar-refractivity contribution in [1.29, 1.82) is 0 Å². The highest BCUT2D eigenvalue weighted by molar-refractivity contribution is 8.75. The molecule has 0 aliphatic carbocycles. The molecule has 53 heavy (non-hydrogen) atoms. The Labute approximate surface area is 340 Å². The lowest BCUT2D eigenvalue weighted by Crippen LogP contribution is -2.32. The number of hydrogen-bond acceptors (Lipinski definition) is 7. The fourth-order valence-corrected chi connectivity index (χ4v) is 8.75. The van der Waals surface area contributed by atoms with E-state index in [4.69, 9.17) is 4.18 Å². The number of rotatable bonds is 45. The molecule has 0 aromatic heterocycles. The van der Waals surface area contributed by atoms with Crippen LogP contribution < -0.4 is 0 Å². The van der Waals surface area contributed by atoms with E-state index >= 15 is 0 Å². The van der Waals surface area contributed by atoms with Crippen LogP contribution in [0.3, 0.4) is 0 Å². The van der Waals surface area contributed by atoms with Gasteiger partial charge in [-0.1, -0.05) is 200 Å². The van der Waals surface area contributed by atoms with Gasteiger partial charge in [0.2, 0.25) is 0 Å². The zero-order valence-electron chi connectivity index (χ0n) is 36.0. The first kappa shape index (κ1) is 52.8. The molecule has 0 aliphatic rings. The number of aliphatic hydroxyl groups excluding tert-OH is 1. The molecule has 0 aliphatic heterocycles. The highest BCUT2D eigenvalue weighted by atomic mass is 33.1. The molecule has 0 amide bonds. The Kier molecular flexibility index (Phi) is 44.3. The van der Waals surface area contributed by atoms with Crippen molar-refractivity contribution < 1.29 is 14.1 Å². The molecule has 0 radical (unpaired) electrons. The molecule has 1 N–H and O–H groups in total. The standard InChI is InChI=1S/C46H92N2O3S2/c1-5-8-11-14-17-20-21-24-27-32-37-47(41-42-49)38-33-30-25-26-31-36-45(4)44-52-53-51-46(50)43-48(39-34-28-22-18-15-12-9-6-2)40-35-29-23-19-16-13-10-7-3/h49H,4-44H2,1-3H3. The maximum Gasteiger partial charge on any atom is 0.332 e. The van der Waals surface area contributed by atoms with Crippen molar-refractivity contribution >= 4 is 27.8 Å². The molecule has 5 nitrogen and oxygen atoms in total. The minimum atomic E-state index is -0.103. The number of carbonyl (C=O) groups excluding carboxylic acids is 1. The first-order chi connectivity index (χ1) is 26.1. The fraction of sp³-hybridized carbons (Fsp3) is 0.935. The summed E-state index contributed by atoms with van der Waals surface area (Å²) in [5.41, 5.74) is 1.25. The van der Waals surface area contributed by atoms with Crippen LogP contribution in [0.5, 0.6) is 0 Å². The lowest BCUT2D eigenvalue weighted by atomic mass is 10.1. The first-order valence-corrected chi connectivity index (χ1v) is 25.5. The van der Waals surface area contributed by atoms with Gasteiger partial charge in [-0.25, -0.2) is 4.79 Å². The van der Waals surface area contributed by atoms with Gasteiger partial charge in [0.15, 0.2) is 0 Å². The van der Waals surface area contributed by atoms with E-state index in [0.29, 0.717) is 6.54 Å². The van der Waals surface area contributed by atoms with Crippen molar-refractivity contribution in [2.75, 3.05) is 51.6 Å². The summed E-state index contributed by atoms with van der Waals surface area (Å²) in [5.74, 6) is 0.737. The van der Waals surface area contributed by atoms with Gasteiger partial charge in [0.1, 0.15) is 11.1 Å². The highest BCUT2D eigenvalue weighted by Crippen LogP contribution is 2.26. The number of unbranched alkanes of at least 4 members (excludes halogenated alkanes) is 27. The van der Waals surface area contributed by atoms with Crippen LogP contribution in [-0.2, 0) is 8.98 Å². The Morgan fingerprint density at radius 1 is 0.491 bits per heavy atom. The molecule has 0 atom stereocenters.